The van der Waals surface area contributed by atoms with Crippen LogP contribution >= 0.6 is 0 Å². The van der Waals surface area contributed by atoms with Crippen molar-refractivity contribution in [3.05, 3.63) is 23.8 Å². The van der Waals surface area contributed by atoms with Gasteiger partial charge < -0.3 is 36.1 Å². The third-order valence-electron chi connectivity index (χ3n) is 13.8. The van der Waals surface area contributed by atoms with E-state index in [9.17, 15) is 15.0 Å². The maximum absolute atomic E-state index is 12.7. The minimum absolute atomic E-state index is 0.0413. The lowest BCUT2D eigenvalue weighted by Gasteiger charge is -2.55. The molecule has 7 aliphatic heterocycles. The van der Waals surface area contributed by atoms with Gasteiger partial charge in [0.05, 0.1) is 18.2 Å². The number of aromatic hydroxyl groups is 1. The maximum Gasteiger partial charge on any atom is 0.302 e. The van der Waals surface area contributed by atoms with Gasteiger partial charge in [0.15, 0.2) is 17.5 Å². The van der Waals surface area contributed by atoms with E-state index < -0.39 is 17.6 Å². The summed E-state index contributed by atoms with van der Waals surface area (Å²) < 4.78 is 12.6. The Kier molecular flexibility index (Phi) is 10.6. The number of carbonyl (C=O) groups is 1. The first-order chi connectivity index (χ1) is 25.2. The highest BCUT2D eigenvalue weighted by Crippen LogP contribution is 2.46. The lowest BCUT2D eigenvalue weighted by molar-refractivity contribution is -0.152. The van der Waals surface area contributed by atoms with E-state index in [1.54, 1.807) is 6.07 Å². The van der Waals surface area contributed by atoms with Crippen molar-refractivity contribution >= 4 is 11.9 Å². The maximum atomic E-state index is 12.7. The number of piperidine rings is 4. The van der Waals surface area contributed by atoms with Crippen molar-refractivity contribution in [3.8, 4) is 23.3 Å². The molecule has 11 nitrogen and oxygen atoms in total. The Morgan fingerprint density at radius 3 is 2.88 bits per heavy atom. The van der Waals surface area contributed by atoms with Crippen LogP contribution in [-0.4, -0.2) is 108 Å². The summed E-state index contributed by atoms with van der Waals surface area (Å²) in [5.74, 6) is 10.2. The average molecular weight is 717 g/mol. The summed E-state index contributed by atoms with van der Waals surface area (Å²) >= 11 is 0. The van der Waals surface area contributed by atoms with Gasteiger partial charge in [0.2, 0.25) is 0 Å². The van der Waals surface area contributed by atoms with Gasteiger partial charge in [0.25, 0.3) is 0 Å². The van der Waals surface area contributed by atoms with Gasteiger partial charge >= 0.3 is 5.97 Å². The molecule has 284 valence electrons. The van der Waals surface area contributed by atoms with Crippen molar-refractivity contribution < 1.29 is 24.5 Å². The van der Waals surface area contributed by atoms with E-state index >= 15 is 0 Å². The molecule has 0 saturated carbocycles. The number of rotatable bonds is 1. The molecule has 6 N–H and O–H groups in total. The lowest BCUT2D eigenvalue weighted by Crippen LogP contribution is -2.61. The third kappa shape index (κ3) is 7.91. The Labute approximate surface area is 309 Å². The zero-order chi connectivity index (χ0) is 35.8. The van der Waals surface area contributed by atoms with Crippen molar-refractivity contribution in [3.63, 3.8) is 0 Å². The predicted octanol–water partition coefficient (Wildman–Crippen LogP) is 3.22. The molecule has 10 bridgehead atoms. The summed E-state index contributed by atoms with van der Waals surface area (Å²) in [7, 11) is 0. The van der Waals surface area contributed by atoms with E-state index in [0.717, 1.165) is 83.2 Å². The number of aliphatic hydroxyl groups excluding tert-OH is 1. The Balaban J connectivity index is 1.19. The largest absolute Gasteiger partial charge is 0.504 e. The second-order valence-corrected chi connectivity index (χ2v) is 17.4. The van der Waals surface area contributed by atoms with Crippen molar-refractivity contribution in [2.45, 2.75) is 114 Å². The summed E-state index contributed by atoms with van der Waals surface area (Å²) in [6.45, 7) is 7.90. The van der Waals surface area contributed by atoms with Gasteiger partial charge in [-0.05, 0) is 106 Å². The van der Waals surface area contributed by atoms with Gasteiger partial charge in [-0.15, -0.1) is 0 Å². The first-order valence-corrected chi connectivity index (χ1v) is 20.3. The van der Waals surface area contributed by atoms with Crippen molar-refractivity contribution in [1.29, 1.82) is 0 Å². The summed E-state index contributed by atoms with van der Waals surface area (Å²) in [5, 5.41) is 29.9. The van der Waals surface area contributed by atoms with Crippen LogP contribution in [0, 0.1) is 46.8 Å². The monoisotopic (exact) mass is 716 g/mol. The Hall–Kier alpha value is -3.04. The van der Waals surface area contributed by atoms with Crippen molar-refractivity contribution in [2.24, 2.45) is 45.7 Å². The molecule has 13 atom stereocenters. The molecule has 4 saturated heterocycles. The van der Waals surface area contributed by atoms with Gasteiger partial charge in [-0.3, -0.25) is 14.6 Å². The van der Waals surface area contributed by atoms with Crippen LogP contribution in [-0.2, 0) is 16.0 Å². The zero-order valence-electron chi connectivity index (χ0n) is 31.0. The number of carbonyl (C=O) groups excluding carboxylic acids is 1. The first-order valence-electron chi connectivity index (χ1n) is 20.3. The number of fused-ring (bicyclic) bond motifs is 9. The van der Waals surface area contributed by atoms with E-state index in [-0.39, 0.29) is 29.7 Å². The van der Waals surface area contributed by atoms with E-state index in [1.807, 2.05) is 12.1 Å². The molecule has 4 fully saturated rings. The highest BCUT2D eigenvalue weighted by molar-refractivity contribution is 5.77. The molecule has 9 rings (SSSR count). The van der Waals surface area contributed by atoms with Gasteiger partial charge in [-0.25, -0.2) is 4.99 Å². The number of phenols is 1. The molecule has 1 aromatic carbocycles. The van der Waals surface area contributed by atoms with Crippen LogP contribution in [0.15, 0.2) is 23.2 Å². The third-order valence-corrected chi connectivity index (χ3v) is 13.8. The van der Waals surface area contributed by atoms with E-state index in [4.69, 9.17) is 20.2 Å². The summed E-state index contributed by atoms with van der Waals surface area (Å²) in [6, 6.07) is 6.56. The number of nitrogens with two attached hydrogens (primary N) is 1. The number of esters is 1. The number of nitrogens with zero attached hydrogens (tertiary/aromatic N) is 3. The Morgan fingerprint density at radius 2 is 2.00 bits per heavy atom. The number of nitrogens with one attached hydrogen (secondary N) is 2. The highest BCUT2D eigenvalue weighted by atomic mass is 16.5. The zero-order valence-corrected chi connectivity index (χ0v) is 31.0. The number of aliphatic imine (C=N–C) groups is 1. The molecule has 1 spiro atoms. The first kappa shape index (κ1) is 36.0. The van der Waals surface area contributed by atoms with Crippen LogP contribution < -0.4 is 21.1 Å². The molecule has 11 heteroatoms. The molecule has 7 heterocycles. The molecule has 0 amide bonds. The molecular weight excluding hydrogens is 656 g/mol. The van der Waals surface area contributed by atoms with E-state index in [0.29, 0.717) is 74.0 Å². The highest BCUT2D eigenvalue weighted by Gasteiger charge is 2.48. The molecule has 8 aliphatic rings. The molecule has 0 aromatic heterocycles. The standard InChI is InChI=1S/C41H60N6O5/c1-26(48)51-38-19-33(49)10-13-41(24-44-40(42)45-25-46-20-28-15-30(22-46)36-7-6-31(41)23-47(36)21-28)12-9-29-3-2-4-32-18-34(11-14-43-32)52-39-17-27(16-35(29)38)5-8-37(39)50/h5,8,17,28-36,38,43,49-50H,2-4,6-7,10-11,13-16,18-25H2,1H3,(H3,42,44,45)/t28-,29-,30-,31+,32-,33+,34-,35-,36-,38-,41-/m1/s1. The number of benzene rings is 1. The number of ether oxygens (including phenoxy) is 2. The van der Waals surface area contributed by atoms with Gasteiger partial charge in [-0.1, -0.05) is 24.3 Å². The number of hydrogen-bond donors (Lipinski definition) is 5. The number of hydrogen-bond acceptors (Lipinski definition) is 11. The quantitative estimate of drug-likeness (QED) is 0.217. The fourth-order valence-corrected chi connectivity index (χ4v) is 11.2. The van der Waals surface area contributed by atoms with E-state index in [2.05, 4.69) is 32.3 Å². The van der Waals surface area contributed by atoms with Gasteiger partial charge in [0.1, 0.15) is 12.2 Å². The van der Waals surface area contributed by atoms with Crippen LogP contribution in [0.4, 0.5) is 0 Å². The average Bonchev–Trinajstić information content (AvgIpc) is 3.13. The minimum atomic E-state index is -0.653. The summed E-state index contributed by atoms with van der Waals surface area (Å²) in [4.78, 5) is 22.8. The number of phenolic OH excluding ortho intramolecular Hbond substituents is 1. The fourth-order valence-electron chi connectivity index (χ4n) is 11.2. The van der Waals surface area contributed by atoms with Crippen LogP contribution in [0.25, 0.3) is 0 Å². The van der Waals surface area contributed by atoms with Gasteiger partial charge in [-0.2, -0.15) is 0 Å². The lowest BCUT2D eigenvalue weighted by atomic mass is 9.64. The molecule has 2 unspecified atom stereocenters. The fraction of sp³-hybridized carbons (Fsp3) is 0.756. The van der Waals surface area contributed by atoms with E-state index in [1.165, 1.54) is 19.8 Å². The van der Waals surface area contributed by atoms with Crippen LogP contribution in [0.1, 0.15) is 83.1 Å². The van der Waals surface area contributed by atoms with Crippen LogP contribution in [0.5, 0.6) is 11.5 Å². The van der Waals surface area contributed by atoms with Gasteiger partial charge in [0, 0.05) is 70.0 Å². The van der Waals surface area contributed by atoms with Crippen LogP contribution in [0.3, 0.4) is 0 Å². The second kappa shape index (κ2) is 15.4. The second-order valence-electron chi connectivity index (χ2n) is 17.4. The van der Waals surface area contributed by atoms with Crippen LogP contribution in [0.2, 0.25) is 0 Å². The smallest absolute Gasteiger partial charge is 0.302 e. The number of guanidine groups is 1. The Morgan fingerprint density at radius 1 is 1.10 bits per heavy atom. The topological polar surface area (TPSA) is 145 Å². The Bertz CT molecular complexity index is 1540. The normalized spacial score (nSPS) is 42.0. The SMILES string of the molecule is CC(=O)O[C@@H]1C[C@@H](O)CC[C@]2(C#C[C@H]3CCC[C@@H]4C[C@@H](CCN4)Oc4cc(ccc4O)C[C@H]31)CNC(N)=NCN1C[C@H]3C[C@H](C1)[C@H]1CC[C@H]2CN1C3. The minimum Gasteiger partial charge on any atom is -0.504 e. The van der Waals surface area contributed by atoms with Crippen molar-refractivity contribution in [1.82, 2.24) is 20.4 Å². The molecule has 0 radical (unpaired) electrons. The predicted molar refractivity (Wildman–Crippen MR) is 199 cm³/mol. The number of aliphatic hydroxyl groups is 1. The molecular formula is C41H60N6O5. The van der Waals surface area contributed by atoms with Crippen molar-refractivity contribution in [2.75, 3.05) is 45.9 Å². The summed E-state index contributed by atoms with van der Waals surface area (Å²) in [5.41, 5.74) is 7.19. The molecule has 52 heavy (non-hydrogen) atoms. The molecule has 1 aromatic rings. The molecule has 1 aliphatic carbocycles. The summed E-state index contributed by atoms with van der Waals surface area (Å²) in [6.07, 6.45) is 9.37.